The molecule has 15 heavy (non-hydrogen) atoms. The van der Waals surface area contributed by atoms with Gasteiger partial charge in [-0.15, -0.1) is 0 Å². The maximum absolute atomic E-state index is 5.32. The maximum Gasteiger partial charge on any atom is 0.488 e. The minimum atomic E-state index is -0.121. The molecule has 0 atom stereocenters. The van der Waals surface area contributed by atoms with E-state index < -0.39 is 0 Å². The van der Waals surface area contributed by atoms with Gasteiger partial charge in [0.15, 0.2) is 0 Å². The molecular weight excluding hydrogens is 187 g/mol. The summed E-state index contributed by atoms with van der Waals surface area (Å²) in [4.78, 5) is 0. The summed E-state index contributed by atoms with van der Waals surface area (Å²) in [6, 6.07) is 0. The molecule has 0 bridgehead atoms. The molecule has 1 aliphatic rings. The lowest BCUT2D eigenvalue weighted by molar-refractivity contribution is 0.285. The van der Waals surface area contributed by atoms with E-state index in [9.17, 15) is 0 Å². The first-order chi connectivity index (χ1) is 7.38. The van der Waals surface area contributed by atoms with E-state index in [4.69, 9.17) is 9.31 Å². The molecule has 0 aromatic rings. The van der Waals surface area contributed by atoms with Gasteiger partial charge < -0.3 is 9.31 Å². The van der Waals surface area contributed by atoms with E-state index in [1.807, 2.05) is 0 Å². The van der Waals surface area contributed by atoms with E-state index in [1.54, 1.807) is 14.2 Å². The van der Waals surface area contributed by atoms with Crippen LogP contribution in [0.3, 0.4) is 0 Å². The first-order valence-electron chi connectivity index (χ1n) is 6.13. The molecule has 1 rings (SSSR count). The summed E-state index contributed by atoms with van der Waals surface area (Å²) in [5.41, 5.74) is 1.34. The third kappa shape index (κ3) is 4.85. The van der Waals surface area contributed by atoms with E-state index >= 15 is 0 Å². The van der Waals surface area contributed by atoms with Gasteiger partial charge >= 0.3 is 7.12 Å². The van der Waals surface area contributed by atoms with Crippen molar-refractivity contribution in [3.05, 3.63) is 11.5 Å². The Morgan fingerprint density at radius 1 is 0.933 bits per heavy atom. The van der Waals surface area contributed by atoms with Crippen molar-refractivity contribution in [3.8, 4) is 0 Å². The van der Waals surface area contributed by atoms with Crippen molar-refractivity contribution < 1.29 is 9.31 Å². The second kappa shape index (κ2) is 7.94. The summed E-state index contributed by atoms with van der Waals surface area (Å²) in [6.07, 6.45) is 12.7. The number of rotatable bonds is 3. The number of hydrogen-bond acceptors (Lipinski definition) is 2. The Kier molecular flexibility index (Phi) is 6.78. The highest BCUT2D eigenvalue weighted by atomic mass is 16.6. The fourth-order valence-electron chi connectivity index (χ4n) is 2.18. The molecule has 1 aliphatic carbocycles. The molecule has 0 radical (unpaired) electrons. The highest BCUT2D eigenvalue weighted by Crippen LogP contribution is 2.19. The van der Waals surface area contributed by atoms with E-state index in [0.29, 0.717) is 0 Å². The Balaban J connectivity index is 2.51. The summed E-state index contributed by atoms with van der Waals surface area (Å²) in [5.74, 6) is 0. The maximum atomic E-state index is 5.32. The third-order valence-corrected chi connectivity index (χ3v) is 3.06. The Morgan fingerprint density at radius 2 is 1.53 bits per heavy atom. The Morgan fingerprint density at radius 3 is 2.20 bits per heavy atom. The topological polar surface area (TPSA) is 18.5 Å². The van der Waals surface area contributed by atoms with Crippen LogP contribution in [0.1, 0.15) is 51.4 Å². The van der Waals surface area contributed by atoms with E-state index in [-0.39, 0.29) is 7.12 Å². The fourth-order valence-corrected chi connectivity index (χ4v) is 2.18. The molecule has 0 N–H and O–H groups in total. The quantitative estimate of drug-likeness (QED) is 0.665. The van der Waals surface area contributed by atoms with Gasteiger partial charge in [0.05, 0.1) is 0 Å². The van der Waals surface area contributed by atoms with Gasteiger partial charge in [0.25, 0.3) is 0 Å². The van der Waals surface area contributed by atoms with Crippen molar-refractivity contribution in [3.63, 3.8) is 0 Å². The minimum absolute atomic E-state index is 0.121. The van der Waals surface area contributed by atoms with Gasteiger partial charge in [0.2, 0.25) is 0 Å². The first-order valence-corrected chi connectivity index (χ1v) is 6.13. The molecule has 0 aromatic heterocycles. The largest absolute Gasteiger partial charge is 0.488 e. The van der Waals surface area contributed by atoms with Crippen molar-refractivity contribution in [2.75, 3.05) is 14.2 Å². The predicted octanol–water partition coefficient (Wildman–Crippen LogP) is 3.37. The van der Waals surface area contributed by atoms with Crippen molar-refractivity contribution in [1.29, 1.82) is 0 Å². The lowest BCUT2D eigenvalue weighted by Crippen LogP contribution is -2.23. The summed E-state index contributed by atoms with van der Waals surface area (Å²) in [6.45, 7) is 0. The molecule has 0 aliphatic heterocycles. The van der Waals surface area contributed by atoms with Crippen LogP contribution in [0.2, 0.25) is 0 Å². The molecule has 0 saturated heterocycles. The van der Waals surface area contributed by atoms with Crippen molar-refractivity contribution >= 4 is 7.12 Å². The minimum Gasteiger partial charge on any atom is -0.410 e. The highest BCUT2D eigenvalue weighted by molar-refractivity contribution is 6.53. The zero-order valence-electron chi connectivity index (χ0n) is 10.1. The summed E-state index contributed by atoms with van der Waals surface area (Å²) in [7, 11) is 3.31. The van der Waals surface area contributed by atoms with Crippen LogP contribution in [0.5, 0.6) is 0 Å². The van der Waals surface area contributed by atoms with Crippen LogP contribution in [0, 0.1) is 0 Å². The number of allylic oxidation sites excluding steroid dienone is 2. The van der Waals surface area contributed by atoms with Gasteiger partial charge in [0.1, 0.15) is 0 Å². The van der Waals surface area contributed by atoms with Crippen LogP contribution in [0.4, 0.5) is 0 Å². The van der Waals surface area contributed by atoms with Crippen molar-refractivity contribution in [2.45, 2.75) is 51.4 Å². The molecule has 0 heterocycles. The Hall–Kier alpha value is -0.275. The molecule has 2 nitrogen and oxygen atoms in total. The summed E-state index contributed by atoms with van der Waals surface area (Å²) >= 11 is 0. The van der Waals surface area contributed by atoms with E-state index in [1.165, 1.54) is 50.4 Å². The van der Waals surface area contributed by atoms with Gasteiger partial charge in [-0.2, -0.15) is 0 Å². The van der Waals surface area contributed by atoms with Crippen LogP contribution >= 0.6 is 0 Å². The molecular formula is C12H23BO2. The van der Waals surface area contributed by atoms with E-state index in [2.05, 4.69) is 6.08 Å². The molecule has 0 aromatic carbocycles. The van der Waals surface area contributed by atoms with Crippen LogP contribution in [0.15, 0.2) is 11.5 Å². The molecule has 0 amide bonds. The van der Waals surface area contributed by atoms with Crippen LogP contribution < -0.4 is 0 Å². The number of hydrogen-bond donors (Lipinski definition) is 0. The van der Waals surface area contributed by atoms with Gasteiger partial charge in [-0.1, -0.05) is 38.2 Å². The van der Waals surface area contributed by atoms with Gasteiger partial charge in [-0.3, -0.25) is 0 Å². The molecule has 0 unspecified atom stereocenters. The standard InChI is InChI=1S/C12H23BO2/c1-14-13(15-2)12-10-8-6-4-3-5-7-9-11-12/h10H,3-9,11H2,1-2H3/b12-10+. The predicted molar refractivity (Wildman–Crippen MR) is 64.8 cm³/mol. The summed E-state index contributed by atoms with van der Waals surface area (Å²) < 4.78 is 10.6. The fraction of sp³-hybridized carbons (Fsp3) is 0.833. The molecule has 0 fully saturated rings. The molecule has 3 heteroatoms. The lowest BCUT2D eigenvalue weighted by Gasteiger charge is -2.14. The summed E-state index contributed by atoms with van der Waals surface area (Å²) in [5, 5.41) is 0. The lowest BCUT2D eigenvalue weighted by atomic mass is 9.74. The average Bonchev–Trinajstić information content (AvgIpc) is 2.28. The Bertz CT molecular complexity index is 188. The molecule has 0 saturated carbocycles. The average molecular weight is 210 g/mol. The van der Waals surface area contributed by atoms with Crippen molar-refractivity contribution in [2.24, 2.45) is 0 Å². The first kappa shape index (κ1) is 12.8. The second-order valence-corrected chi connectivity index (χ2v) is 4.24. The van der Waals surface area contributed by atoms with Gasteiger partial charge in [0, 0.05) is 14.2 Å². The molecule has 0 spiro atoms. The molecule has 86 valence electrons. The third-order valence-electron chi connectivity index (χ3n) is 3.06. The highest BCUT2D eigenvalue weighted by Gasteiger charge is 2.20. The van der Waals surface area contributed by atoms with Gasteiger partial charge in [-0.25, -0.2) is 0 Å². The monoisotopic (exact) mass is 210 g/mol. The van der Waals surface area contributed by atoms with Crippen molar-refractivity contribution in [1.82, 2.24) is 0 Å². The van der Waals surface area contributed by atoms with Crippen LogP contribution in [-0.4, -0.2) is 21.3 Å². The Labute approximate surface area is 94.2 Å². The zero-order chi connectivity index (χ0) is 10.9. The van der Waals surface area contributed by atoms with Crippen LogP contribution in [-0.2, 0) is 9.31 Å². The van der Waals surface area contributed by atoms with Crippen LogP contribution in [0.25, 0.3) is 0 Å². The normalized spacial score (nSPS) is 22.9. The second-order valence-electron chi connectivity index (χ2n) is 4.24. The smallest absolute Gasteiger partial charge is 0.410 e. The van der Waals surface area contributed by atoms with Gasteiger partial charge in [-0.05, 0) is 24.7 Å². The SMILES string of the molecule is COB(OC)/C1=C/CCCCCCCC1. The zero-order valence-corrected chi connectivity index (χ0v) is 10.1. The van der Waals surface area contributed by atoms with E-state index in [0.717, 1.165) is 6.42 Å².